The molecule has 2 N–H and O–H groups in total. The molecule has 1 aliphatic rings. The van der Waals surface area contributed by atoms with E-state index in [9.17, 15) is 0 Å². The molecule has 0 aromatic carbocycles. The molecule has 0 fully saturated rings. The summed E-state index contributed by atoms with van der Waals surface area (Å²) in [7, 11) is 0. The van der Waals surface area contributed by atoms with Crippen LogP contribution in [0.15, 0.2) is 17.3 Å². The number of fused-ring (bicyclic) bond motifs is 1. The largest absolute Gasteiger partial charge is 0.309 e. The lowest BCUT2D eigenvalue weighted by atomic mass is 10.3. The van der Waals surface area contributed by atoms with Gasteiger partial charge < -0.3 is 5.73 Å². The highest BCUT2D eigenvalue weighted by Crippen LogP contribution is 2.23. The number of aliphatic imine (C=N–C) groups is 1. The Morgan fingerprint density at radius 2 is 2.55 bits per heavy atom. The topological polar surface area (TPSA) is 56.2 Å². The van der Waals surface area contributed by atoms with Crippen molar-refractivity contribution in [3.8, 4) is 0 Å². The van der Waals surface area contributed by atoms with Gasteiger partial charge in [0.15, 0.2) is 5.82 Å². The van der Waals surface area contributed by atoms with Crippen LogP contribution >= 0.6 is 11.6 Å². The maximum absolute atomic E-state index is 5.73. The van der Waals surface area contributed by atoms with Gasteiger partial charge in [-0.1, -0.05) is 11.6 Å². The Morgan fingerprint density at radius 3 is 3.36 bits per heavy atom. The molecule has 0 spiro atoms. The molecule has 4 nitrogen and oxygen atoms in total. The molecule has 1 aliphatic heterocycles. The van der Waals surface area contributed by atoms with Gasteiger partial charge in [0.2, 0.25) is 0 Å². The molecule has 0 amide bonds. The van der Waals surface area contributed by atoms with Gasteiger partial charge in [0.05, 0.1) is 6.20 Å². The molecule has 5 heteroatoms. The maximum atomic E-state index is 5.73. The highest BCUT2D eigenvalue weighted by Gasteiger charge is 2.17. The SMILES string of the molecule is NC1CC(Cl)=Nc2ccnn21. The van der Waals surface area contributed by atoms with E-state index in [-0.39, 0.29) is 6.17 Å². The summed E-state index contributed by atoms with van der Waals surface area (Å²) in [6.07, 6.45) is 2.06. The number of aromatic nitrogens is 2. The summed E-state index contributed by atoms with van der Waals surface area (Å²) < 4.78 is 1.66. The Balaban J connectivity index is 2.51. The van der Waals surface area contributed by atoms with Gasteiger partial charge in [0, 0.05) is 12.5 Å². The first-order valence-corrected chi connectivity index (χ1v) is 3.67. The molecule has 0 saturated carbocycles. The lowest BCUT2D eigenvalue weighted by molar-refractivity contribution is 0.481. The predicted octanol–water partition coefficient (Wildman–Crippen LogP) is 1.01. The zero-order valence-electron chi connectivity index (χ0n) is 5.74. The Kier molecular flexibility index (Phi) is 1.44. The fourth-order valence-electron chi connectivity index (χ4n) is 1.08. The maximum Gasteiger partial charge on any atom is 0.153 e. The van der Waals surface area contributed by atoms with Gasteiger partial charge in [-0.25, -0.2) is 9.67 Å². The lowest BCUT2D eigenvalue weighted by Crippen LogP contribution is -2.24. The van der Waals surface area contributed by atoms with Crippen molar-refractivity contribution in [3.63, 3.8) is 0 Å². The monoisotopic (exact) mass is 170 g/mol. The van der Waals surface area contributed by atoms with E-state index in [1.165, 1.54) is 0 Å². The second-order valence-corrected chi connectivity index (χ2v) is 2.83. The Morgan fingerprint density at radius 1 is 1.73 bits per heavy atom. The Hall–Kier alpha value is -0.870. The van der Waals surface area contributed by atoms with Gasteiger partial charge >= 0.3 is 0 Å². The van der Waals surface area contributed by atoms with Crippen LogP contribution in [-0.2, 0) is 0 Å². The Labute approximate surface area is 68.7 Å². The fraction of sp³-hybridized carbons (Fsp3) is 0.333. The van der Waals surface area contributed by atoms with E-state index in [0.717, 1.165) is 5.82 Å². The summed E-state index contributed by atoms with van der Waals surface area (Å²) in [5.41, 5.74) is 5.72. The zero-order chi connectivity index (χ0) is 7.84. The summed E-state index contributed by atoms with van der Waals surface area (Å²) in [4.78, 5) is 4.06. The molecule has 1 unspecified atom stereocenters. The van der Waals surface area contributed by atoms with E-state index in [1.54, 1.807) is 16.9 Å². The third-order valence-electron chi connectivity index (χ3n) is 1.58. The van der Waals surface area contributed by atoms with E-state index in [4.69, 9.17) is 17.3 Å². The average Bonchev–Trinajstić information content (AvgIpc) is 2.34. The first-order chi connectivity index (χ1) is 5.27. The molecule has 1 aromatic rings. The van der Waals surface area contributed by atoms with Gasteiger partial charge in [-0.05, 0) is 0 Å². The zero-order valence-corrected chi connectivity index (χ0v) is 6.49. The summed E-state index contributed by atoms with van der Waals surface area (Å²) in [6, 6.07) is 1.78. The summed E-state index contributed by atoms with van der Waals surface area (Å²) in [6.45, 7) is 0. The molecule has 2 heterocycles. The van der Waals surface area contributed by atoms with Gasteiger partial charge in [-0.3, -0.25) is 0 Å². The molecule has 1 atom stereocenters. The summed E-state index contributed by atoms with van der Waals surface area (Å²) in [5, 5.41) is 4.54. The molecular formula is C6H7ClN4. The molecule has 1 aromatic heterocycles. The average molecular weight is 171 g/mol. The molecule has 2 rings (SSSR count). The van der Waals surface area contributed by atoms with Crippen molar-refractivity contribution in [2.75, 3.05) is 0 Å². The van der Waals surface area contributed by atoms with Crippen molar-refractivity contribution < 1.29 is 0 Å². The first-order valence-electron chi connectivity index (χ1n) is 3.29. The third-order valence-corrected chi connectivity index (χ3v) is 1.82. The number of nitrogens with two attached hydrogens (primary N) is 1. The summed E-state index contributed by atoms with van der Waals surface area (Å²) >= 11 is 5.73. The van der Waals surface area contributed by atoms with E-state index < -0.39 is 0 Å². The van der Waals surface area contributed by atoms with Crippen molar-refractivity contribution in [1.82, 2.24) is 9.78 Å². The van der Waals surface area contributed by atoms with Gasteiger partial charge in [0.1, 0.15) is 11.3 Å². The minimum atomic E-state index is -0.162. The fourth-order valence-corrected chi connectivity index (χ4v) is 1.33. The van der Waals surface area contributed by atoms with Crippen LogP contribution in [0.1, 0.15) is 12.6 Å². The van der Waals surface area contributed by atoms with Gasteiger partial charge in [-0.2, -0.15) is 5.10 Å². The van der Waals surface area contributed by atoms with Crippen LogP contribution in [0.4, 0.5) is 5.82 Å². The second kappa shape index (κ2) is 2.32. The van der Waals surface area contributed by atoms with Crippen LogP contribution in [0.25, 0.3) is 0 Å². The van der Waals surface area contributed by atoms with Crippen molar-refractivity contribution in [3.05, 3.63) is 12.3 Å². The minimum Gasteiger partial charge on any atom is -0.309 e. The third kappa shape index (κ3) is 1.04. The molecule has 0 saturated heterocycles. The highest BCUT2D eigenvalue weighted by atomic mass is 35.5. The molecule has 0 bridgehead atoms. The van der Waals surface area contributed by atoms with Crippen LogP contribution in [0.2, 0.25) is 0 Å². The molecule has 0 aliphatic carbocycles. The highest BCUT2D eigenvalue weighted by molar-refractivity contribution is 6.65. The predicted molar refractivity (Wildman–Crippen MR) is 43.0 cm³/mol. The molecule has 11 heavy (non-hydrogen) atoms. The number of hydrogen-bond donors (Lipinski definition) is 1. The Bertz CT molecular complexity index is 303. The van der Waals surface area contributed by atoms with Crippen LogP contribution in [-0.4, -0.2) is 15.0 Å². The summed E-state index contributed by atoms with van der Waals surface area (Å²) in [5.74, 6) is 0.730. The number of rotatable bonds is 0. The van der Waals surface area contributed by atoms with Crippen molar-refractivity contribution in [2.45, 2.75) is 12.6 Å². The lowest BCUT2D eigenvalue weighted by Gasteiger charge is -2.16. The number of halogens is 1. The van der Waals surface area contributed by atoms with E-state index in [2.05, 4.69) is 10.1 Å². The minimum absolute atomic E-state index is 0.162. The van der Waals surface area contributed by atoms with E-state index in [0.29, 0.717) is 11.6 Å². The van der Waals surface area contributed by atoms with E-state index in [1.807, 2.05) is 0 Å². The number of hydrogen-bond acceptors (Lipinski definition) is 3. The van der Waals surface area contributed by atoms with Crippen molar-refractivity contribution in [2.24, 2.45) is 10.7 Å². The second-order valence-electron chi connectivity index (χ2n) is 2.39. The normalized spacial score (nSPS) is 22.7. The van der Waals surface area contributed by atoms with Gasteiger partial charge in [0.25, 0.3) is 0 Å². The van der Waals surface area contributed by atoms with Gasteiger partial charge in [-0.15, -0.1) is 0 Å². The van der Waals surface area contributed by atoms with Crippen molar-refractivity contribution >= 4 is 22.6 Å². The molecular weight excluding hydrogens is 164 g/mol. The molecule has 58 valence electrons. The molecule has 0 radical (unpaired) electrons. The van der Waals surface area contributed by atoms with E-state index >= 15 is 0 Å². The quantitative estimate of drug-likeness (QED) is 0.632. The van der Waals surface area contributed by atoms with Crippen LogP contribution in [0, 0.1) is 0 Å². The smallest absolute Gasteiger partial charge is 0.153 e. The van der Waals surface area contributed by atoms with Crippen molar-refractivity contribution in [1.29, 1.82) is 0 Å². The van der Waals surface area contributed by atoms with Crippen LogP contribution < -0.4 is 5.73 Å². The number of nitrogens with zero attached hydrogens (tertiary/aromatic N) is 3. The standard InChI is InChI=1S/C6H7ClN4/c7-4-3-5(8)11-6(10-4)1-2-9-11/h1-2,5H,3,8H2. The first kappa shape index (κ1) is 6.82. The van der Waals surface area contributed by atoms with Crippen LogP contribution in [0.5, 0.6) is 0 Å². The van der Waals surface area contributed by atoms with Crippen LogP contribution in [0.3, 0.4) is 0 Å².